The highest BCUT2D eigenvalue weighted by Crippen LogP contribution is 2.32. The van der Waals surface area contributed by atoms with E-state index in [4.69, 9.17) is 17.3 Å². The zero-order chi connectivity index (χ0) is 13.4. The van der Waals surface area contributed by atoms with Gasteiger partial charge >= 0.3 is 0 Å². The number of likely N-dealkylation sites (tertiary alicyclic amines) is 1. The SMILES string of the molecule is CCN1CCC(c2nc(Cl)c3n2CC(N)CC3)CC1. The molecular formula is C14H23ClN4. The van der Waals surface area contributed by atoms with Crippen LogP contribution in [-0.2, 0) is 13.0 Å². The smallest absolute Gasteiger partial charge is 0.150 e. The summed E-state index contributed by atoms with van der Waals surface area (Å²) in [5.41, 5.74) is 7.31. The van der Waals surface area contributed by atoms with Gasteiger partial charge < -0.3 is 15.2 Å². The summed E-state index contributed by atoms with van der Waals surface area (Å²) in [6.45, 7) is 6.62. The Morgan fingerprint density at radius 1 is 1.32 bits per heavy atom. The lowest BCUT2D eigenvalue weighted by Gasteiger charge is -2.32. The number of aromatic nitrogens is 2. The maximum absolute atomic E-state index is 6.30. The lowest BCUT2D eigenvalue weighted by Crippen LogP contribution is -2.36. The molecule has 2 aliphatic rings. The summed E-state index contributed by atoms with van der Waals surface area (Å²) in [5.74, 6) is 1.74. The molecule has 0 radical (unpaired) electrons. The quantitative estimate of drug-likeness (QED) is 0.903. The Labute approximate surface area is 119 Å². The summed E-state index contributed by atoms with van der Waals surface area (Å²) in [5, 5.41) is 0.708. The number of rotatable bonds is 2. The van der Waals surface area contributed by atoms with Crippen LogP contribution in [0.25, 0.3) is 0 Å². The van der Waals surface area contributed by atoms with Crippen LogP contribution >= 0.6 is 11.6 Å². The standard InChI is InChI=1S/C14H23ClN4/c1-2-18-7-5-10(6-8-18)14-17-13(15)12-4-3-11(16)9-19(12)14/h10-11H,2-9,16H2,1H3. The van der Waals surface area contributed by atoms with Crippen molar-refractivity contribution in [1.82, 2.24) is 14.5 Å². The number of halogens is 1. The van der Waals surface area contributed by atoms with Crippen molar-refractivity contribution in [2.45, 2.75) is 51.1 Å². The van der Waals surface area contributed by atoms with Crippen LogP contribution in [0.3, 0.4) is 0 Å². The van der Waals surface area contributed by atoms with Gasteiger partial charge in [0.25, 0.3) is 0 Å². The van der Waals surface area contributed by atoms with Gasteiger partial charge in [-0.3, -0.25) is 0 Å². The molecule has 3 heterocycles. The average molecular weight is 283 g/mol. The second kappa shape index (κ2) is 5.43. The second-order valence-electron chi connectivity index (χ2n) is 5.83. The lowest BCUT2D eigenvalue weighted by molar-refractivity contribution is 0.216. The fraction of sp³-hybridized carbons (Fsp3) is 0.786. The van der Waals surface area contributed by atoms with Crippen LogP contribution in [0.1, 0.15) is 43.6 Å². The van der Waals surface area contributed by atoms with Crippen LogP contribution in [0.2, 0.25) is 5.15 Å². The lowest BCUT2D eigenvalue weighted by atomic mass is 9.95. The van der Waals surface area contributed by atoms with E-state index < -0.39 is 0 Å². The number of hydrogen-bond acceptors (Lipinski definition) is 3. The molecule has 2 N–H and O–H groups in total. The highest BCUT2D eigenvalue weighted by Gasteiger charge is 2.29. The Morgan fingerprint density at radius 3 is 2.74 bits per heavy atom. The van der Waals surface area contributed by atoms with Gasteiger partial charge in [0.05, 0.1) is 5.69 Å². The van der Waals surface area contributed by atoms with E-state index in [1.54, 1.807) is 0 Å². The molecule has 1 unspecified atom stereocenters. The molecule has 0 aromatic carbocycles. The molecule has 0 bridgehead atoms. The number of piperidine rings is 1. The second-order valence-corrected chi connectivity index (χ2v) is 6.18. The number of hydrogen-bond donors (Lipinski definition) is 1. The minimum Gasteiger partial charge on any atom is -0.329 e. The van der Waals surface area contributed by atoms with Gasteiger partial charge in [-0.15, -0.1) is 0 Å². The van der Waals surface area contributed by atoms with E-state index in [0.717, 1.165) is 25.9 Å². The van der Waals surface area contributed by atoms with Crippen molar-refractivity contribution in [1.29, 1.82) is 0 Å². The third-order valence-corrected chi connectivity index (χ3v) is 4.92. The maximum Gasteiger partial charge on any atom is 0.150 e. The van der Waals surface area contributed by atoms with E-state index >= 15 is 0 Å². The van der Waals surface area contributed by atoms with Crippen LogP contribution in [-0.4, -0.2) is 40.1 Å². The van der Waals surface area contributed by atoms with Gasteiger partial charge in [0, 0.05) is 18.5 Å². The van der Waals surface area contributed by atoms with E-state index in [1.165, 1.54) is 37.4 Å². The molecule has 0 amide bonds. The van der Waals surface area contributed by atoms with Crippen molar-refractivity contribution >= 4 is 11.6 Å². The molecule has 0 aliphatic carbocycles. The Morgan fingerprint density at radius 2 is 2.05 bits per heavy atom. The molecular weight excluding hydrogens is 260 g/mol. The molecule has 19 heavy (non-hydrogen) atoms. The zero-order valence-corrected chi connectivity index (χ0v) is 12.4. The molecule has 0 saturated carbocycles. The van der Waals surface area contributed by atoms with Gasteiger partial charge in [-0.1, -0.05) is 18.5 Å². The van der Waals surface area contributed by atoms with Gasteiger partial charge in [0.15, 0.2) is 5.15 Å². The topological polar surface area (TPSA) is 47.1 Å². The van der Waals surface area contributed by atoms with Crippen molar-refractivity contribution in [3.8, 4) is 0 Å². The summed E-state index contributed by atoms with van der Waals surface area (Å²) in [4.78, 5) is 7.16. The Bertz CT molecular complexity index is 449. The fourth-order valence-corrected chi connectivity index (χ4v) is 3.67. The summed E-state index contributed by atoms with van der Waals surface area (Å²) in [6, 6.07) is 0.257. The van der Waals surface area contributed by atoms with E-state index in [1.807, 2.05) is 0 Å². The van der Waals surface area contributed by atoms with Gasteiger partial charge in [0.1, 0.15) is 5.82 Å². The molecule has 2 aliphatic heterocycles. The number of imidazole rings is 1. The maximum atomic E-state index is 6.30. The molecule has 0 spiro atoms. The third-order valence-electron chi connectivity index (χ3n) is 4.62. The van der Waals surface area contributed by atoms with Crippen molar-refractivity contribution in [2.24, 2.45) is 5.73 Å². The normalized spacial score (nSPS) is 25.5. The predicted molar refractivity (Wildman–Crippen MR) is 77.6 cm³/mol. The molecule has 5 heteroatoms. The first-order valence-corrected chi connectivity index (χ1v) is 7.79. The molecule has 4 nitrogen and oxygen atoms in total. The van der Waals surface area contributed by atoms with Crippen molar-refractivity contribution < 1.29 is 0 Å². The van der Waals surface area contributed by atoms with Gasteiger partial charge in [0.2, 0.25) is 0 Å². The molecule has 3 rings (SSSR count). The summed E-state index contributed by atoms with van der Waals surface area (Å²) in [7, 11) is 0. The van der Waals surface area contributed by atoms with Crippen LogP contribution in [0.15, 0.2) is 0 Å². The van der Waals surface area contributed by atoms with Crippen molar-refractivity contribution in [3.63, 3.8) is 0 Å². The average Bonchev–Trinajstić information content (AvgIpc) is 2.75. The number of nitrogens with two attached hydrogens (primary N) is 1. The van der Waals surface area contributed by atoms with Crippen LogP contribution in [0.5, 0.6) is 0 Å². The van der Waals surface area contributed by atoms with E-state index in [-0.39, 0.29) is 6.04 Å². The van der Waals surface area contributed by atoms with Crippen LogP contribution in [0.4, 0.5) is 0 Å². The van der Waals surface area contributed by atoms with Gasteiger partial charge in [-0.05, 0) is 45.3 Å². The van der Waals surface area contributed by atoms with Gasteiger partial charge in [-0.25, -0.2) is 4.98 Å². The summed E-state index contributed by atoms with van der Waals surface area (Å²) >= 11 is 6.30. The number of nitrogens with zero attached hydrogens (tertiary/aromatic N) is 3. The summed E-state index contributed by atoms with van der Waals surface area (Å²) in [6.07, 6.45) is 4.38. The molecule has 1 aromatic rings. The largest absolute Gasteiger partial charge is 0.329 e. The highest BCUT2D eigenvalue weighted by atomic mass is 35.5. The van der Waals surface area contributed by atoms with E-state index in [0.29, 0.717) is 11.1 Å². The fourth-order valence-electron chi connectivity index (χ4n) is 3.38. The molecule has 1 saturated heterocycles. The minimum absolute atomic E-state index is 0.257. The van der Waals surface area contributed by atoms with Crippen molar-refractivity contribution in [3.05, 3.63) is 16.7 Å². The minimum atomic E-state index is 0.257. The third kappa shape index (κ3) is 2.54. The van der Waals surface area contributed by atoms with E-state index in [2.05, 4.69) is 21.4 Å². The number of fused-ring (bicyclic) bond motifs is 1. The Hall–Kier alpha value is -0.580. The van der Waals surface area contributed by atoms with Gasteiger partial charge in [-0.2, -0.15) is 0 Å². The Balaban J connectivity index is 1.82. The molecule has 1 aromatic heterocycles. The first-order valence-electron chi connectivity index (χ1n) is 7.41. The monoisotopic (exact) mass is 282 g/mol. The molecule has 1 fully saturated rings. The van der Waals surface area contributed by atoms with Crippen LogP contribution < -0.4 is 5.73 Å². The predicted octanol–water partition coefficient (Wildman–Crippen LogP) is 2.01. The first kappa shape index (κ1) is 13.4. The highest BCUT2D eigenvalue weighted by molar-refractivity contribution is 6.30. The van der Waals surface area contributed by atoms with Crippen LogP contribution in [0, 0.1) is 0 Å². The van der Waals surface area contributed by atoms with Crippen molar-refractivity contribution in [2.75, 3.05) is 19.6 Å². The zero-order valence-electron chi connectivity index (χ0n) is 11.6. The molecule has 106 valence electrons. The van der Waals surface area contributed by atoms with E-state index in [9.17, 15) is 0 Å². The first-order chi connectivity index (χ1) is 9.19. The summed E-state index contributed by atoms with van der Waals surface area (Å²) < 4.78 is 2.31. The molecule has 1 atom stereocenters. The Kier molecular flexibility index (Phi) is 3.83.